The summed E-state index contributed by atoms with van der Waals surface area (Å²) in [6.07, 6.45) is 9.42. The molecule has 2 N–H and O–H groups in total. The summed E-state index contributed by atoms with van der Waals surface area (Å²) in [4.78, 5) is 11.5. The number of nitrogens with one attached hydrogen (secondary N) is 2. The van der Waals surface area contributed by atoms with E-state index in [9.17, 15) is 4.79 Å². The van der Waals surface area contributed by atoms with Crippen LogP contribution in [0.4, 0.5) is 4.79 Å². The van der Waals surface area contributed by atoms with Gasteiger partial charge in [-0.15, -0.1) is 0 Å². The van der Waals surface area contributed by atoms with Crippen molar-refractivity contribution in [1.82, 2.24) is 10.6 Å². The topological polar surface area (TPSA) is 41.1 Å². The number of thioether (sulfide) groups is 1. The number of amides is 2. The minimum absolute atomic E-state index is 0.00576. The highest BCUT2D eigenvalue weighted by atomic mass is 32.2. The molecule has 2 amide bonds. The van der Waals surface area contributed by atoms with Crippen molar-refractivity contribution < 1.29 is 4.79 Å². The van der Waals surface area contributed by atoms with Crippen LogP contribution < -0.4 is 10.6 Å². The third-order valence-corrected chi connectivity index (χ3v) is 4.75. The van der Waals surface area contributed by atoms with Crippen LogP contribution in [0, 0.1) is 0 Å². The lowest BCUT2D eigenvalue weighted by Gasteiger charge is -2.26. The summed E-state index contributed by atoms with van der Waals surface area (Å²) in [5.74, 6) is 0. The van der Waals surface area contributed by atoms with Gasteiger partial charge >= 0.3 is 6.03 Å². The highest BCUT2D eigenvalue weighted by Gasteiger charge is 2.33. The molecule has 3 nitrogen and oxygen atoms in total. The van der Waals surface area contributed by atoms with Gasteiger partial charge in [-0.1, -0.05) is 26.2 Å². The second-order valence-corrected chi connectivity index (χ2v) is 5.83. The quantitative estimate of drug-likeness (QED) is 0.705. The first kappa shape index (κ1) is 13.7. The van der Waals surface area contributed by atoms with Crippen molar-refractivity contribution in [2.75, 3.05) is 19.3 Å². The molecule has 1 fully saturated rings. The van der Waals surface area contributed by atoms with Crippen LogP contribution in [0.3, 0.4) is 0 Å². The predicted molar refractivity (Wildman–Crippen MR) is 71.0 cm³/mol. The van der Waals surface area contributed by atoms with E-state index in [1.165, 1.54) is 25.7 Å². The highest BCUT2D eigenvalue weighted by Crippen LogP contribution is 2.39. The van der Waals surface area contributed by atoms with Gasteiger partial charge in [0.2, 0.25) is 0 Å². The summed E-state index contributed by atoms with van der Waals surface area (Å²) >= 11 is 1.91. The van der Waals surface area contributed by atoms with Gasteiger partial charge in [0.25, 0.3) is 0 Å². The number of carbonyl (C=O) groups excluding carboxylic acids is 1. The summed E-state index contributed by atoms with van der Waals surface area (Å²) in [6, 6.07) is -0.00576. The molecule has 0 unspecified atom stereocenters. The molecule has 0 saturated heterocycles. The van der Waals surface area contributed by atoms with Crippen LogP contribution in [0.15, 0.2) is 0 Å². The van der Waals surface area contributed by atoms with Crippen LogP contribution in [-0.4, -0.2) is 30.1 Å². The monoisotopic (exact) mass is 244 g/mol. The zero-order valence-corrected chi connectivity index (χ0v) is 11.3. The van der Waals surface area contributed by atoms with Crippen molar-refractivity contribution >= 4 is 17.8 Å². The Balaban J connectivity index is 2.19. The molecule has 94 valence electrons. The minimum Gasteiger partial charge on any atom is -0.338 e. The van der Waals surface area contributed by atoms with E-state index in [1.807, 2.05) is 11.8 Å². The Labute approximate surface area is 103 Å². The summed E-state index contributed by atoms with van der Waals surface area (Å²) in [5.41, 5.74) is 0. The summed E-state index contributed by atoms with van der Waals surface area (Å²) < 4.78 is 0.308. The van der Waals surface area contributed by atoms with Gasteiger partial charge in [0, 0.05) is 17.8 Å². The molecule has 0 spiro atoms. The second-order valence-electron chi connectivity index (χ2n) is 4.56. The Morgan fingerprint density at radius 1 is 1.31 bits per heavy atom. The number of rotatable bonds is 6. The van der Waals surface area contributed by atoms with Crippen molar-refractivity contribution in [3.8, 4) is 0 Å². The molecule has 4 heteroatoms. The Hall–Kier alpha value is -0.380. The molecule has 1 rings (SSSR count). The van der Waals surface area contributed by atoms with Crippen molar-refractivity contribution in [2.45, 2.75) is 50.2 Å². The number of hydrogen-bond donors (Lipinski definition) is 2. The first-order valence-corrected chi connectivity index (χ1v) is 7.52. The lowest BCUT2D eigenvalue weighted by Crippen LogP contribution is -2.43. The third-order valence-electron chi connectivity index (χ3n) is 3.33. The van der Waals surface area contributed by atoms with Crippen molar-refractivity contribution in [3.63, 3.8) is 0 Å². The number of unbranched alkanes of at least 4 members (excludes halogenated alkanes) is 1. The van der Waals surface area contributed by atoms with Gasteiger partial charge in [-0.3, -0.25) is 0 Å². The fourth-order valence-corrected chi connectivity index (χ4v) is 3.07. The maximum Gasteiger partial charge on any atom is 0.314 e. The number of carbonyl (C=O) groups is 1. The van der Waals surface area contributed by atoms with Gasteiger partial charge in [-0.25, -0.2) is 4.79 Å². The average molecular weight is 244 g/mol. The van der Waals surface area contributed by atoms with Crippen LogP contribution in [0.1, 0.15) is 45.4 Å². The van der Waals surface area contributed by atoms with Crippen molar-refractivity contribution in [1.29, 1.82) is 0 Å². The predicted octanol–water partition coefficient (Wildman–Crippen LogP) is 2.76. The molecule has 1 aliphatic carbocycles. The van der Waals surface area contributed by atoms with Crippen LogP contribution in [0.2, 0.25) is 0 Å². The summed E-state index contributed by atoms with van der Waals surface area (Å²) in [5, 5.41) is 5.89. The van der Waals surface area contributed by atoms with Crippen LogP contribution in [0.25, 0.3) is 0 Å². The van der Waals surface area contributed by atoms with E-state index in [0.29, 0.717) is 4.75 Å². The maximum atomic E-state index is 11.5. The molecular formula is C12H24N2OS. The highest BCUT2D eigenvalue weighted by molar-refractivity contribution is 8.00. The molecule has 1 saturated carbocycles. The Kier molecular flexibility index (Phi) is 6.03. The molecule has 0 atom stereocenters. The van der Waals surface area contributed by atoms with Crippen LogP contribution >= 0.6 is 11.8 Å². The molecular weight excluding hydrogens is 220 g/mol. The Bertz CT molecular complexity index is 215. The fourth-order valence-electron chi connectivity index (χ4n) is 2.15. The van der Waals surface area contributed by atoms with E-state index in [-0.39, 0.29) is 6.03 Å². The standard InChI is InChI=1S/C12H24N2OS/c1-3-4-9-13-11(15)14-10-12(16-2)7-5-6-8-12/h3-10H2,1-2H3,(H2,13,14,15). The number of hydrogen-bond acceptors (Lipinski definition) is 2. The van der Waals surface area contributed by atoms with E-state index in [1.54, 1.807) is 0 Å². The largest absolute Gasteiger partial charge is 0.338 e. The first-order chi connectivity index (χ1) is 7.72. The van der Waals surface area contributed by atoms with E-state index in [4.69, 9.17) is 0 Å². The average Bonchev–Trinajstić information content (AvgIpc) is 2.76. The zero-order valence-electron chi connectivity index (χ0n) is 10.5. The first-order valence-electron chi connectivity index (χ1n) is 6.29. The van der Waals surface area contributed by atoms with E-state index >= 15 is 0 Å². The lowest BCUT2D eigenvalue weighted by atomic mass is 10.1. The molecule has 0 bridgehead atoms. The summed E-state index contributed by atoms with van der Waals surface area (Å²) in [7, 11) is 0. The smallest absolute Gasteiger partial charge is 0.314 e. The van der Waals surface area contributed by atoms with E-state index in [2.05, 4.69) is 23.8 Å². The third kappa shape index (κ3) is 4.24. The lowest BCUT2D eigenvalue weighted by molar-refractivity contribution is 0.239. The van der Waals surface area contributed by atoms with Gasteiger partial charge in [0.1, 0.15) is 0 Å². The molecule has 0 aromatic carbocycles. The molecule has 0 radical (unpaired) electrons. The van der Waals surface area contributed by atoms with Gasteiger partial charge in [-0.05, 0) is 25.5 Å². The van der Waals surface area contributed by atoms with Gasteiger partial charge in [-0.2, -0.15) is 11.8 Å². The van der Waals surface area contributed by atoms with E-state index in [0.717, 1.165) is 25.9 Å². The van der Waals surface area contributed by atoms with Crippen molar-refractivity contribution in [3.05, 3.63) is 0 Å². The molecule has 1 aliphatic rings. The SMILES string of the molecule is CCCCNC(=O)NCC1(SC)CCCC1. The fraction of sp³-hybridized carbons (Fsp3) is 0.917. The zero-order chi connectivity index (χ0) is 11.9. The van der Waals surface area contributed by atoms with Gasteiger partial charge in [0.05, 0.1) is 0 Å². The summed E-state index contributed by atoms with van der Waals surface area (Å²) in [6.45, 7) is 3.72. The Morgan fingerprint density at radius 3 is 2.56 bits per heavy atom. The normalized spacial score (nSPS) is 18.4. The molecule has 0 aromatic heterocycles. The molecule has 16 heavy (non-hydrogen) atoms. The van der Waals surface area contributed by atoms with Gasteiger partial charge in [0.15, 0.2) is 0 Å². The second kappa shape index (κ2) is 7.05. The van der Waals surface area contributed by atoms with Gasteiger partial charge < -0.3 is 10.6 Å². The van der Waals surface area contributed by atoms with E-state index < -0.39 is 0 Å². The number of urea groups is 1. The molecule has 0 aliphatic heterocycles. The molecule has 0 heterocycles. The molecule has 0 aromatic rings. The van der Waals surface area contributed by atoms with Crippen LogP contribution in [-0.2, 0) is 0 Å². The Morgan fingerprint density at radius 2 is 2.00 bits per heavy atom. The maximum absolute atomic E-state index is 11.5. The van der Waals surface area contributed by atoms with Crippen molar-refractivity contribution in [2.24, 2.45) is 0 Å². The minimum atomic E-state index is -0.00576. The van der Waals surface area contributed by atoms with Crippen LogP contribution in [0.5, 0.6) is 0 Å².